The predicted octanol–water partition coefficient (Wildman–Crippen LogP) is 2.02. The van der Waals surface area contributed by atoms with Crippen LogP contribution >= 0.6 is 0 Å². The van der Waals surface area contributed by atoms with Gasteiger partial charge in [0.05, 0.1) is 6.20 Å². The molecule has 0 spiro atoms. The van der Waals surface area contributed by atoms with Crippen molar-refractivity contribution in [1.29, 1.82) is 0 Å². The third-order valence-electron chi connectivity index (χ3n) is 3.43. The van der Waals surface area contributed by atoms with Crippen molar-refractivity contribution < 1.29 is 26.3 Å². The van der Waals surface area contributed by atoms with Gasteiger partial charge >= 0.3 is 6.18 Å². The first-order chi connectivity index (χ1) is 10.9. The molecule has 0 amide bonds. The maximum Gasteiger partial charge on any atom is 0.422 e. The van der Waals surface area contributed by atoms with Crippen LogP contribution in [-0.2, 0) is 10.0 Å². The van der Waals surface area contributed by atoms with Crippen LogP contribution in [0.2, 0.25) is 0 Å². The van der Waals surface area contributed by atoms with Crippen LogP contribution in [-0.4, -0.2) is 50.1 Å². The Morgan fingerprint density at radius 3 is 2.42 bits per heavy atom. The minimum Gasteiger partial charge on any atom is -0.468 e. The zero-order chi connectivity index (χ0) is 18.5. The molecule has 0 radical (unpaired) electrons. The minimum absolute atomic E-state index is 0.123. The summed E-state index contributed by atoms with van der Waals surface area (Å²) in [6.45, 7) is 2.64. The Morgan fingerprint density at radius 2 is 1.96 bits per heavy atom. The number of hydrogen-bond donors (Lipinski definition) is 1. The summed E-state index contributed by atoms with van der Waals surface area (Å²) in [6.07, 6.45) is -3.02. The third-order valence-corrected chi connectivity index (χ3v) is 5.28. The molecule has 24 heavy (non-hydrogen) atoms. The van der Waals surface area contributed by atoms with Gasteiger partial charge in [0.25, 0.3) is 0 Å². The molecule has 0 saturated carbocycles. The van der Waals surface area contributed by atoms with Crippen molar-refractivity contribution in [2.45, 2.75) is 37.4 Å². The van der Waals surface area contributed by atoms with Gasteiger partial charge in [-0.1, -0.05) is 13.8 Å². The van der Waals surface area contributed by atoms with E-state index in [0.717, 1.165) is 22.6 Å². The van der Waals surface area contributed by atoms with E-state index in [-0.39, 0.29) is 29.3 Å². The Morgan fingerprint density at radius 1 is 1.33 bits per heavy atom. The number of rotatable bonds is 8. The number of ether oxygens (including phenoxy) is 1. The lowest BCUT2D eigenvalue weighted by molar-refractivity contribution is -0.154. The fourth-order valence-corrected chi connectivity index (χ4v) is 2.86. The van der Waals surface area contributed by atoms with E-state index in [1.54, 1.807) is 0 Å². The number of alkyl halides is 3. The molecule has 1 unspecified atom stereocenters. The molecule has 6 nitrogen and oxygen atoms in total. The van der Waals surface area contributed by atoms with E-state index < -0.39 is 22.8 Å². The Bertz CT molecular complexity index is 618. The highest BCUT2D eigenvalue weighted by Gasteiger charge is 2.29. The quantitative estimate of drug-likeness (QED) is 0.758. The molecule has 0 aliphatic carbocycles. The van der Waals surface area contributed by atoms with E-state index in [4.69, 9.17) is 5.73 Å². The fraction of sp³-hybridized carbons (Fsp3) is 0.643. The molecule has 10 heteroatoms. The molecular formula is C14H22F3N3O3S. The van der Waals surface area contributed by atoms with Crippen LogP contribution in [0.4, 0.5) is 13.2 Å². The monoisotopic (exact) mass is 369 g/mol. The average Bonchev–Trinajstić information content (AvgIpc) is 2.49. The molecule has 1 heterocycles. The van der Waals surface area contributed by atoms with Crippen molar-refractivity contribution in [2.75, 3.05) is 20.2 Å². The van der Waals surface area contributed by atoms with Gasteiger partial charge in [0, 0.05) is 25.7 Å². The molecule has 1 rings (SSSR count). The van der Waals surface area contributed by atoms with Crippen LogP contribution in [0.3, 0.4) is 0 Å². The zero-order valence-corrected chi connectivity index (χ0v) is 14.6. The van der Waals surface area contributed by atoms with Gasteiger partial charge in [-0.3, -0.25) is 0 Å². The van der Waals surface area contributed by atoms with Crippen LogP contribution < -0.4 is 10.5 Å². The number of nitrogens with zero attached hydrogens (tertiary/aromatic N) is 2. The van der Waals surface area contributed by atoms with Gasteiger partial charge in [-0.15, -0.1) is 0 Å². The van der Waals surface area contributed by atoms with Crippen LogP contribution in [0.5, 0.6) is 5.88 Å². The van der Waals surface area contributed by atoms with Crippen molar-refractivity contribution in [1.82, 2.24) is 9.29 Å². The van der Waals surface area contributed by atoms with Crippen LogP contribution in [0, 0.1) is 5.92 Å². The second kappa shape index (κ2) is 8.13. The SMILES string of the molecule is CC(C)C(N)CCN(C)S(=O)(=O)c1ccc(OCC(F)(F)F)nc1. The van der Waals surface area contributed by atoms with Gasteiger partial charge in [-0.05, 0) is 18.4 Å². The zero-order valence-electron chi connectivity index (χ0n) is 13.7. The number of nitrogens with two attached hydrogens (primary N) is 1. The van der Waals surface area contributed by atoms with Gasteiger partial charge in [-0.2, -0.15) is 13.2 Å². The Balaban J connectivity index is 2.73. The molecule has 0 fully saturated rings. The molecule has 2 N–H and O–H groups in total. The highest BCUT2D eigenvalue weighted by molar-refractivity contribution is 7.89. The molecule has 0 aliphatic rings. The number of pyridine rings is 1. The lowest BCUT2D eigenvalue weighted by Gasteiger charge is -2.21. The van der Waals surface area contributed by atoms with E-state index in [0.29, 0.717) is 6.42 Å². The second-order valence-electron chi connectivity index (χ2n) is 5.76. The van der Waals surface area contributed by atoms with E-state index in [1.807, 2.05) is 13.8 Å². The largest absolute Gasteiger partial charge is 0.468 e. The first-order valence-electron chi connectivity index (χ1n) is 7.31. The summed E-state index contributed by atoms with van der Waals surface area (Å²) in [7, 11) is -2.37. The standard InChI is InChI=1S/C14H22F3N3O3S/c1-10(2)12(18)6-7-20(3)24(21,22)11-4-5-13(19-8-11)23-9-14(15,16)17/h4-5,8,10,12H,6-7,9,18H2,1-3H3. The smallest absolute Gasteiger partial charge is 0.422 e. The molecule has 0 bridgehead atoms. The molecule has 0 aromatic carbocycles. The first kappa shape index (κ1) is 20.7. The fourth-order valence-electron chi connectivity index (χ4n) is 1.72. The Kier molecular flexibility index (Phi) is 6.99. The van der Waals surface area contributed by atoms with Crippen LogP contribution in [0.15, 0.2) is 23.2 Å². The van der Waals surface area contributed by atoms with Crippen LogP contribution in [0.25, 0.3) is 0 Å². The maximum atomic E-state index is 12.4. The molecule has 0 aliphatic heterocycles. The highest BCUT2D eigenvalue weighted by Crippen LogP contribution is 2.19. The topological polar surface area (TPSA) is 85.5 Å². The predicted molar refractivity (Wildman–Crippen MR) is 83.0 cm³/mol. The number of hydrogen-bond acceptors (Lipinski definition) is 5. The lowest BCUT2D eigenvalue weighted by atomic mass is 10.0. The highest BCUT2D eigenvalue weighted by atomic mass is 32.2. The summed E-state index contributed by atoms with van der Waals surface area (Å²) in [5.41, 5.74) is 5.89. The van der Waals surface area contributed by atoms with E-state index in [2.05, 4.69) is 9.72 Å². The average molecular weight is 369 g/mol. The summed E-state index contributed by atoms with van der Waals surface area (Å²) < 4.78 is 66.5. The minimum atomic E-state index is -4.48. The van der Waals surface area contributed by atoms with Gasteiger partial charge in [0.15, 0.2) is 6.61 Å². The van der Waals surface area contributed by atoms with Crippen molar-refractivity contribution in [3.05, 3.63) is 18.3 Å². The number of aromatic nitrogens is 1. The van der Waals surface area contributed by atoms with E-state index in [1.165, 1.54) is 7.05 Å². The Hall–Kier alpha value is -1.39. The summed E-state index contributed by atoms with van der Waals surface area (Å²) in [5, 5.41) is 0. The van der Waals surface area contributed by atoms with Gasteiger partial charge in [-0.25, -0.2) is 17.7 Å². The van der Waals surface area contributed by atoms with Crippen molar-refractivity contribution in [2.24, 2.45) is 11.7 Å². The van der Waals surface area contributed by atoms with E-state index in [9.17, 15) is 21.6 Å². The molecular weight excluding hydrogens is 347 g/mol. The van der Waals surface area contributed by atoms with Gasteiger partial charge in [0.2, 0.25) is 15.9 Å². The summed E-state index contributed by atoms with van der Waals surface area (Å²) in [4.78, 5) is 3.48. The number of halogens is 3. The summed E-state index contributed by atoms with van der Waals surface area (Å²) in [6, 6.07) is 2.12. The lowest BCUT2D eigenvalue weighted by Crippen LogP contribution is -2.34. The molecule has 138 valence electrons. The summed E-state index contributed by atoms with van der Waals surface area (Å²) in [5.74, 6) is -0.0661. The molecule has 0 saturated heterocycles. The second-order valence-corrected chi connectivity index (χ2v) is 7.80. The maximum absolute atomic E-state index is 12.4. The Labute approximate surface area is 139 Å². The van der Waals surface area contributed by atoms with Crippen molar-refractivity contribution in [3.8, 4) is 5.88 Å². The number of sulfonamides is 1. The molecule has 1 atom stereocenters. The molecule has 1 aromatic rings. The van der Waals surface area contributed by atoms with Gasteiger partial charge in [0.1, 0.15) is 4.90 Å². The van der Waals surface area contributed by atoms with Crippen LogP contribution in [0.1, 0.15) is 20.3 Å². The van der Waals surface area contributed by atoms with E-state index >= 15 is 0 Å². The normalized spacial score (nSPS) is 14.2. The van der Waals surface area contributed by atoms with Crippen molar-refractivity contribution in [3.63, 3.8) is 0 Å². The van der Waals surface area contributed by atoms with Crippen molar-refractivity contribution >= 4 is 10.0 Å². The third kappa shape index (κ3) is 6.25. The first-order valence-corrected chi connectivity index (χ1v) is 8.75. The summed E-state index contributed by atoms with van der Waals surface area (Å²) >= 11 is 0. The van der Waals surface area contributed by atoms with Gasteiger partial charge < -0.3 is 10.5 Å². The molecule has 1 aromatic heterocycles.